The highest BCUT2D eigenvalue weighted by atomic mass is 32.2. The van der Waals surface area contributed by atoms with Crippen molar-refractivity contribution in [2.45, 2.75) is 24.8 Å². The van der Waals surface area contributed by atoms with E-state index in [-0.39, 0.29) is 10.9 Å². The van der Waals surface area contributed by atoms with E-state index in [4.69, 9.17) is 5.26 Å². The fourth-order valence-electron chi connectivity index (χ4n) is 2.20. The van der Waals surface area contributed by atoms with E-state index in [9.17, 15) is 8.42 Å². The predicted octanol–water partition coefficient (Wildman–Crippen LogP) is 0.849. The van der Waals surface area contributed by atoms with Crippen LogP contribution in [-0.4, -0.2) is 38.4 Å². The van der Waals surface area contributed by atoms with Gasteiger partial charge in [-0.05, 0) is 31.5 Å². The number of sulfonamides is 1. The molecule has 0 saturated carbocycles. The Morgan fingerprint density at radius 3 is 2.84 bits per heavy atom. The van der Waals surface area contributed by atoms with Crippen LogP contribution in [0.3, 0.4) is 0 Å². The molecule has 2 rings (SSSR count). The van der Waals surface area contributed by atoms with Crippen molar-refractivity contribution in [1.82, 2.24) is 9.62 Å². The van der Waals surface area contributed by atoms with Crippen molar-refractivity contribution in [3.63, 3.8) is 0 Å². The molecule has 0 aliphatic carbocycles. The third-order valence-electron chi connectivity index (χ3n) is 3.27. The van der Waals surface area contributed by atoms with E-state index in [1.54, 1.807) is 19.1 Å². The summed E-state index contributed by atoms with van der Waals surface area (Å²) in [4.78, 5) is 0.237. The molecule has 1 saturated heterocycles. The highest BCUT2D eigenvalue weighted by molar-refractivity contribution is 7.89. The molecule has 1 heterocycles. The van der Waals surface area contributed by atoms with Gasteiger partial charge in [0.1, 0.15) is 0 Å². The predicted molar refractivity (Wildman–Crippen MR) is 72.1 cm³/mol. The number of nitriles is 1. The molecule has 1 atom stereocenters. The Kier molecular flexibility index (Phi) is 3.90. The lowest BCUT2D eigenvalue weighted by molar-refractivity contribution is 0.310. The average Bonchev–Trinajstić information content (AvgIpc) is 2.39. The minimum Gasteiger partial charge on any atom is -0.312 e. The van der Waals surface area contributed by atoms with Crippen molar-refractivity contribution in [2.24, 2.45) is 0 Å². The number of nitrogens with one attached hydrogen (secondary N) is 1. The number of benzene rings is 1. The van der Waals surface area contributed by atoms with Crippen molar-refractivity contribution >= 4 is 10.0 Å². The van der Waals surface area contributed by atoms with Crippen molar-refractivity contribution < 1.29 is 8.42 Å². The summed E-state index contributed by atoms with van der Waals surface area (Å²) < 4.78 is 26.7. The first-order chi connectivity index (χ1) is 8.95. The van der Waals surface area contributed by atoms with E-state index in [1.165, 1.54) is 10.4 Å². The lowest BCUT2D eigenvalue weighted by Crippen LogP contribution is -2.51. The molecule has 0 amide bonds. The van der Waals surface area contributed by atoms with Crippen LogP contribution in [-0.2, 0) is 10.0 Å². The van der Waals surface area contributed by atoms with Gasteiger partial charge < -0.3 is 5.32 Å². The summed E-state index contributed by atoms with van der Waals surface area (Å²) >= 11 is 0. The minimum absolute atomic E-state index is 0.142. The maximum absolute atomic E-state index is 12.6. The summed E-state index contributed by atoms with van der Waals surface area (Å²) in [6.07, 6.45) is 0. The molecule has 102 valence electrons. The molecule has 1 aromatic carbocycles. The minimum atomic E-state index is -3.52. The Morgan fingerprint density at radius 1 is 1.47 bits per heavy atom. The molecule has 1 unspecified atom stereocenters. The summed E-state index contributed by atoms with van der Waals surface area (Å²) in [6, 6.07) is 6.89. The molecular formula is C13H17N3O2S. The zero-order valence-electron chi connectivity index (χ0n) is 11.0. The van der Waals surface area contributed by atoms with Gasteiger partial charge in [0.25, 0.3) is 0 Å². The van der Waals surface area contributed by atoms with Gasteiger partial charge in [-0.15, -0.1) is 0 Å². The second-order valence-electron chi connectivity index (χ2n) is 4.81. The molecule has 1 aromatic rings. The van der Waals surface area contributed by atoms with Crippen LogP contribution in [0.25, 0.3) is 0 Å². The summed E-state index contributed by atoms with van der Waals surface area (Å²) in [6.45, 7) is 5.28. The largest absolute Gasteiger partial charge is 0.312 e. The lowest BCUT2D eigenvalue weighted by Gasteiger charge is -2.31. The van der Waals surface area contributed by atoms with Crippen molar-refractivity contribution in [1.29, 1.82) is 5.26 Å². The third-order valence-corrected chi connectivity index (χ3v) is 5.27. The normalized spacial score (nSPS) is 21.0. The van der Waals surface area contributed by atoms with Gasteiger partial charge >= 0.3 is 0 Å². The van der Waals surface area contributed by atoms with Crippen LogP contribution in [0.15, 0.2) is 23.1 Å². The van der Waals surface area contributed by atoms with Gasteiger partial charge in [-0.2, -0.15) is 9.57 Å². The Bertz CT molecular complexity index is 619. The fourth-order valence-corrected chi connectivity index (χ4v) is 3.98. The number of hydrogen-bond acceptors (Lipinski definition) is 4. The van der Waals surface area contributed by atoms with Gasteiger partial charge in [0.15, 0.2) is 0 Å². The van der Waals surface area contributed by atoms with Crippen LogP contribution >= 0.6 is 0 Å². The smallest absolute Gasteiger partial charge is 0.243 e. The van der Waals surface area contributed by atoms with Gasteiger partial charge in [-0.3, -0.25) is 0 Å². The molecule has 0 bridgehead atoms. The zero-order valence-corrected chi connectivity index (χ0v) is 11.9. The summed E-state index contributed by atoms with van der Waals surface area (Å²) in [5, 5.41) is 12.1. The lowest BCUT2D eigenvalue weighted by atomic mass is 10.2. The maximum Gasteiger partial charge on any atom is 0.243 e. The molecule has 6 heteroatoms. The van der Waals surface area contributed by atoms with Crippen LogP contribution in [0, 0.1) is 18.3 Å². The number of piperazine rings is 1. The van der Waals surface area contributed by atoms with Crippen molar-refractivity contribution in [3.8, 4) is 6.07 Å². The SMILES string of the molecule is Cc1ccc(C#N)cc1S(=O)(=O)N1CCNC(C)C1. The van der Waals surface area contributed by atoms with Gasteiger partial charge in [0.2, 0.25) is 10.0 Å². The van der Waals surface area contributed by atoms with E-state index in [0.717, 1.165) is 0 Å². The molecule has 1 aliphatic rings. The molecule has 0 spiro atoms. The molecule has 1 N–H and O–H groups in total. The Morgan fingerprint density at radius 2 is 2.21 bits per heavy atom. The van der Waals surface area contributed by atoms with Crippen LogP contribution in [0.5, 0.6) is 0 Å². The van der Waals surface area contributed by atoms with Gasteiger partial charge in [-0.25, -0.2) is 8.42 Å². The van der Waals surface area contributed by atoms with Gasteiger partial charge in [-0.1, -0.05) is 6.07 Å². The second-order valence-corrected chi connectivity index (χ2v) is 6.72. The van der Waals surface area contributed by atoms with Crippen LogP contribution in [0.1, 0.15) is 18.1 Å². The number of nitrogens with zero attached hydrogens (tertiary/aromatic N) is 2. The quantitative estimate of drug-likeness (QED) is 0.871. The maximum atomic E-state index is 12.6. The van der Waals surface area contributed by atoms with Crippen LogP contribution < -0.4 is 5.32 Å². The van der Waals surface area contributed by atoms with Crippen molar-refractivity contribution in [2.75, 3.05) is 19.6 Å². The number of hydrogen-bond donors (Lipinski definition) is 1. The topological polar surface area (TPSA) is 73.2 Å². The van der Waals surface area contributed by atoms with E-state index in [1.807, 2.05) is 13.0 Å². The summed E-state index contributed by atoms with van der Waals surface area (Å²) in [5.41, 5.74) is 1.04. The summed E-state index contributed by atoms with van der Waals surface area (Å²) in [7, 11) is -3.52. The molecule has 1 fully saturated rings. The van der Waals surface area contributed by atoms with E-state index >= 15 is 0 Å². The Labute approximate surface area is 113 Å². The van der Waals surface area contributed by atoms with E-state index in [2.05, 4.69) is 5.32 Å². The molecule has 0 aromatic heterocycles. The number of rotatable bonds is 2. The molecule has 5 nitrogen and oxygen atoms in total. The third kappa shape index (κ3) is 2.78. The highest BCUT2D eigenvalue weighted by Crippen LogP contribution is 2.22. The standard InChI is InChI=1S/C13H17N3O2S/c1-10-3-4-12(8-14)7-13(10)19(17,18)16-6-5-15-11(2)9-16/h3-4,7,11,15H,5-6,9H2,1-2H3. The Balaban J connectivity index is 2.42. The second kappa shape index (κ2) is 5.29. The molecule has 0 radical (unpaired) electrons. The zero-order chi connectivity index (χ0) is 14.0. The molecular weight excluding hydrogens is 262 g/mol. The number of aryl methyl sites for hydroxylation is 1. The van der Waals surface area contributed by atoms with Crippen LogP contribution in [0.4, 0.5) is 0 Å². The fraction of sp³-hybridized carbons (Fsp3) is 0.462. The van der Waals surface area contributed by atoms with Crippen molar-refractivity contribution in [3.05, 3.63) is 29.3 Å². The first-order valence-electron chi connectivity index (χ1n) is 6.19. The molecule has 1 aliphatic heterocycles. The highest BCUT2D eigenvalue weighted by Gasteiger charge is 2.29. The van der Waals surface area contributed by atoms with E-state index in [0.29, 0.717) is 30.8 Å². The van der Waals surface area contributed by atoms with Crippen LogP contribution in [0.2, 0.25) is 0 Å². The first kappa shape index (κ1) is 14.0. The monoisotopic (exact) mass is 279 g/mol. The average molecular weight is 279 g/mol. The summed E-state index contributed by atoms with van der Waals surface area (Å²) in [5.74, 6) is 0. The Hall–Kier alpha value is -1.42. The van der Waals surface area contributed by atoms with Gasteiger partial charge in [0, 0.05) is 25.7 Å². The molecule has 19 heavy (non-hydrogen) atoms. The first-order valence-corrected chi connectivity index (χ1v) is 7.63. The van der Waals surface area contributed by atoms with Gasteiger partial charge in [0.05, 0.1) is 16.5 Å². The van der Waals surface area contributed by atoms with E-state index < -0.39 is 10.0 Å².